The fraction of sp³-hybridized carbons (Fsp3) is 0.333. The van der Waals surface area contributed by atoms with Crippen molar-refractivity contribution in [3.63, 3.8) is 0 Å². The Morgan fingerprint density at radius 2 is 1.60 bits per heavy atom. The molecule has 2 N–H and O–H groups in total. The summed E-state index contributed by atoms with van der Waals surface area (Å²) < 4.78 is 0. The second-order valence-corrected chi connectivity index (χ2v) is 9.07. The molecule has 3 heteroatoms. The maximum absolute atomic E-state index is 10.3. The molecule has 6 aliphatic carbocycles. The zero-order valence-corrected chi connectivity index (χ0v) is 18.2. The Hall–Kier alpha value is -2.36. The summed E-state index contributed by atoms with van der Waals surface area (Å²) >= 11 is 0. The lowest BCUT2D eigenvalue weighted by molar-refractivity contribution is 0.309. The Bertz CT molecular complexity index is 1120. The third-order valence-corrected chi connectivity index (χ3v) is 8.04. The van der Waals surface area contributed by atoms with E-state index >= 15 is 0 Å². The molecule has 0 aromatic heterocycles. The van der Waals surface area contributed by atoms with Gasteiger partial charge in [-0.3, -0.25) is 0 Å². The van der Waals surface area contributed by atoms with E-state index in [0.29, 0.717) is 5.47 Å². The van der Waals surface area contributed by atoms with Crippen molar-refractivity contribution in [2.24, 2.45) is 16.2 Å². The molecular weight excluding hydrogens is 367 g/mol. The number of hydrogen-bond acceptors (Lipinski definition) is 2. The maximum Gasteiger partial charge on any atom is 0.485 e. The highest BCUT2D eigenvalue weighted by Gasteiger charge is 2.66. The van der Waals surface area contributed by atoms with E-state index in [1.807, 2.05) is 19.9 Å². The summed E-state index contributed by atoms with van der Waals surface area (Å²) in [4.78, 5) is 0. The molecule has 30 heavy (non-hydrogen) atoms. The normalized spacial score (nSPS) is 37.5. The first kappa shape index (κ1) is 19.6. The predicted octanol–water partition coefficient (Wildman–Crippen LogP) is 5.48. The fourth-order valence-electron chi connectivity index (χ4n) is 7.01. The molecular formula is C27H29BO2. The molecule has 3 atom stereocenters. The van der Waals surface area contributed by atoms with Crippen molar-refractivity contribution >= 4 is 7.12 Å². The number of allylic oxidation sites excluding steroid dienone is 18. The van der Waals surface area contributed by atoms with Crippen LogP contribution in [0.5, 0.6) is 0 Å². The second kappa shape index (κ2) is 6.32. The SMILES string of the molecule is C/C=C1/C=CC2=C3C=CC=CC4=CC=C5C6=CC=C(B(O)O)C61CC52CC43C.CC. The minimum atomic E-state index is -1.44. The van der Waals surface area contributed by atoms with Crippen LogP contribution in [0.15, 0.2) is 106 Å². The van der Waals surface area contributed by atoms with Gasteiger partial charge in [0.15, 0.2) is 0 Å². The summed E-state index contributed by atoms with van der Waals surface area (Å²) in [6, 6.07) is 0. The third kappa shape index (κ3) is 2.03. The van der Waals surface area contributed by atoms with E-state index in [9.17, 15) is 10.0 Å². The molecule has 2 spiro atoms. The molecule has 0 heterocycles. The summed E-state index contributed by atoms with van der Waals surface area (Å²) in [6.07, 6.45) is 26.1. The number of rotatable bonds is 1. The fourth-order valence-corrected chi connectivity index (χ4v) is 7.01. The zero-order chi connectivity index (χ0) is 21.3. The molecule has 6 rings (SSSR count). The van der Waals surface area contributed by atoms with E-state index in [1.165, 1.54) is 33.4 Å². The van der Waals surface area contributed by atoms with Crippen molar-refractivity contribution in [2.75, 3.05) is 0 Å². The first-order valence-electron chi connectivity index (χ1n) is 11.1. The average Bonchev–Trinajstić information content (AvgIpc) is 3.15. The molecule has 3 unspecified atom stereocenters. The van der Waals surface area contributed by atoms with Crippen molar-refractivity contribution in [1.29, 1.82) is 0 Å². The monoisotopic (exact) mass is 396 g/mol. The molecule has 6 aliphatic rings. The van der Waals surface area contributed by atoms with Crippen LogP contribution in [0.4, 0.5) is 0 Å². The van der Waals surface area contributed by atoms with Gasteiger partial charge in [-0.05, 0) is 58.7 Å². The Balaban J connectivity index is 0.000000937. The van der Waals surface area contributed by atoms with Gasteiger partial charge in [0.1, 0.15) is 0 Å². The maximum atomic E-state index is 10.3. The molecule has 0 saturated heterocycles. The van der Waals surface area contributed by atoms with Gasteiger partial charge in [-0.15, -0.1) is 0 Å². The minimum absolute atomic E-state index is 0.0169. The zero-order valence-electron chi connectivity index (χ0n) is 18.2. The standard InChI is InChI=1S/C25H23BO2.C2H6/c1-3-16-8-10-19-18-7-5-4-6-17-9-11-20-21-12-13-22(26(27)28)25(16,21)15-24(19,20)14-23(17,18)2;1-2/h3-13,27-28H,14-15H2,1-2H3;1-2H3/b16-3-;. The van der Waals surface area contributed by atoms with E-state index in [0.717, 1.165) is 12.8 Å². The summed E-state index contributed by atoms with van der Waals surface area (Å²) in [5, 5.41) is 20.5. The largest absolute Gasteiger partial charge is 0.485 e. The molecule has 1 saturated carbocycles. The van der Waals surface area contributed by atoms with Gasteiger partial charge in [0.25, 0.3) is 0 Å². The van der Waals surface area contributed by atoms with E-state index in [2.05, 4.69) is 74.6 Å². The van der Waals surface area contributed by atoms with E-state index in [4.69, 9.17) is 0 Å². The van der Waals surface area contributed by atoms with Crippen LogP contribution in [0.3, 0.4) is 0 Å². The van der Waals surface area contributed by atoms with Crippen LogP contribution in [0.2, 0.25) is 0 Å². The van der Waals surface area contributed by atoms with Gasteiger partial charge in [-0.1, -0.05) is 87.6 Å². The van der Waals surface area contributed by atoms with Gasteiger partial charge in [-0.2, -0.15) is 0 Å². The first-order valence-corrected chi connectivity index (χ1v) is 11.1. The number of hydrogen-bond donors (Lipinski definition) is 2. The minimum Gasteiger partial charge on any atom is -0.423 e. The average molecular weight is 396 g/mol. The lowest BCUT2D eigenvalue weighted by Crippen LogP contribution is -2.33. The molecule has 0 amide bonds. The van der Waals surface area contributed by atoms with Gasteiger partial charge >= 0.3 is 7.12 Å². The molecule has 0 aromatic rings. The Labute approximate surface area is 179 Å². The first-order chi connectivity index (χ1) is 14.5. The number of fused-ring (bicyclic) bond motifs is 1. The van der Waals surface area contributed by atoms with Gasteiger partial charge in [0.2, 0.25) is 0 Å². The quantitative estimate of drug-likeness (QED) is 0.576. The van der Waals surface area contributed by atoms with Crippen LogP contribution in [-0.4, -0.2) is 17.2 Å². The smallest absolute Gasteiger partial charge is 0.423 e. The summed E-state index contributed by atoms with van der Waals surface area (Å²) in [5.41, 5.74) is 8.14. The lowest BCUT2D eigenvalue weighted by Gasteiger charge is -2.35. The molecule has 2 nitrogen and oxygen atoms in total. The van der Waals surface area contributed by atoms with Crippen LogP contribution in [-0.2, 0) is 0 Å². The molecule has 0 aromatic carbocycles. The van der Waals surface area contributed by atoms with Crippen molar-refractivity contribution in [3.8, 4) is 0 Å². The summed E-state index contributed by atoms with van der Waals surface area (Å²) in [6.45, 7) is 8.43. The van der Waals surface area contributed by atoms with Crippen molar-refractivity contribution in [3.05, 3.63) is 106 Å². The highest BCUT2D eigenvalue weighted by atomic mass is 16.4. The van der Waals surface area contributed by atoms with Gasteiger partial charge in [0.05, 0.1) is 0 Å². The molecule has 152 valence electrons. The van der Waals surface area contributed by atoms with Gasteiger partial charge in [-0.25, -0.2) is 0 Å². The lowest BCUT2D eigenvalue weighted by atomic mass is 9.58. The second-order valence-electron chi connectivity index (χ2n) is 9.07. The van der Waals surface area contributed by atoms with Crippen LogP contribution >= 0.6 is 0 Å². The summed E-state index contributed by atoms with van der Waals surface area (Å²) in [5.74, 6) is 0. The van der Waals surface area contributed by atoms with E-state index < -0.39 is 12.5 Å². The third-order valence-electron chi connectivity index (χ3n) is 8.04. The topological polar surface area (TPSA) is 40.5 Å². The highest BCUT2D eigenvalue weighted by Crippen LogP contribution is 2.76. The Kier molecular flexibility index (Phi) is 4.13. The Morgan fingerprint density at radius 3 is 2.33 bits per heavy atom. The van der Waals surface area contributed by atoms with Crippen molar-refractivity contribution in [1.82, 2.24) is 0 Å². The van der Waals surface area contributed by atoms with Gasteiger partial charge < -0.3 is 10.0 Å². The predicted molar refractivity (Wildman–Crippen MR) is 124 cm³/mol. The summed E-state index contributed by atoms with van der Waals surface area (Å²) in [7, 11) is -1.44. The Morgan fingerprint density at radius 1 is 0.867 bits per heavy atom. The van der Waals surface area contributed by atoms with E-state index in [1.54, 1.807) is 0 Å². The van der Waals surface area contributed by atoms with Crippen molar-refractivity contribution < 1.29 is 10.0 Å². The molecule has 1 fully saturated rings. The molecule has 3 bridgehead atoms. The van der Waals surface area contributed by atoms with Gasteiger partial charge in [0, 0.05) is 16.2 Å². The van der Waals surface area contributed by atoms with Crippen LogP contribution in [0.1, 0.15) is 40.5 Å². The molecule has 0 aliphatic heterocycles. The van der Waals surface area contributed by atoms with Crippen LogP contribution in [0.25, 0.3) is 0 Å². The highest BCUT2D eigenvalue weighted by molar-refractivity contribution is 6.52. The van der Waals surface area contributed by atoms with Crippen LogP contribution in [0, 0.1) is 16.2 Å². The van der Waals surface area contributed by atoms with Crippen molar-refractivity contribution in [2.45, 2.75) is 40.5 Å². The van der Waals surface area contributed by atoms with E-state index in [-0.39, 0.29) is 10.8 Å². The van der Waals surface area contributed by atoms with Crippen LogP contribution < -0.4 is 0 Å². The molecule has 0 radical (unpaired) electrons.